The molecule has 0 saturated carbocycles. The molecule has 0 radical (unpaired) electrons. The quantitative estimate of drug-likeness (QED) is 0.835. The monoisotopic (exact) mass is 357 g/mol. The molecule has 0 spiro atoms. The van der Waals surface area contributed by atoms with Crippen molar-refractivity contribution in [2.24, 2.45) is 0 Å². The van der Waals surface area contributed by atoms with Crippen molar-refractivity contribution >= 4 is 16.8 Å². The minimum Gasteiger partial charge on any atom is -0.375 e. The second-order valence-corrected chi connectivity index (χ2v) is 7.52. The Hall–Kier alpha value is -1.85. The molecule has 0 bridgehead atoms. The highest BCUT2D eigenvalue weighted by molar-refractivity contribution is 5.85. The molecule has 1 aliphatic rings. The van der Waals surface area contributed by atoms with Gasteiger partial charge in [0.15, 0.2) is 0 Å². The van der Waals surface area contributed by atoms with Crippen LogP contribution in [0.2, 0.25) is 0 Å². The number of hydrogen-bond donors (Lipinski definition) is 2. The van der Waals surface area contributed by atoms with Gasteiger partial charge in [0.2, 0.25) is 5.91 Å². The van der Waals surface area contributed by atoms with Crippen LogP contribution in [0.4, 0.5) is 0 Å². The molecule has 1 fully saturated rings. The zero-order valence-corrected chi connectivity index (χ0v) is 16.4. The number of aromatic amines is 1. The maximum absolute atomic E-state index is 12.3. The number of aryl methyl sites for hydroxylation is 2. The fraction of sp³-hybridized carbons (Fsp3) is 0.571. The van der Waals surface area contributed by atoms with E-state index in [9.17, 15) is 4.79 Å². The van der Waals surface area contributed by atoms with Gasteiger partial charge in [-0.3, -0.25) is 9.69 Å². The minimum absolute atomic E-state index is 0.00680. The van der Waals surface area contributed by atoms with Crippen molar-refractivity contribution in [2.75, 3.05) is 19.7 Å². The number of nitrogens with one attached hydrogen (secondary N) is 2. The number of aromatic nitrogens is 1. The summed E-state index contributed by atoms with van der Waals surface area (Å²) in [6, 6.07) is 6.86. The molecule has 2 aromatic rings. The van der Waals surface area contributed by atoms with E-state index in [1.54, 1.807) is 0 Å². The number of carbonyl (C=O) groups is 1. The smallest absolute Gasteiger partial charge is 0.222 e. The summed E-state index contributed by atoms with van der Waals surface area (Å²) < 4.78 is 5.76. The van der Waals surface area contributed by atoms with Gasteiger partial charge in [-0.05, 0) is 50.5 Å². The Balaban J connectivity index is 1.56. The van der Waals surface area contributed by atoms with E-state index in [1.165, 1.54) is 22.2 Å². The maximum Gasteiger partial charge on any atom is 0.222 e. The lowest BCUT2D eigenvalue weighted by Gasteiger charge is -2.35. The number of fused-ring (bicyclic) bond motifs is 1. The van der Waals surface area contributed by atoms with Gasteiger partial charge in [-0.15, -0.1) is 0 Å². The fourth-order valence-electron chi connectivity index (χ4n) is 3.71. The molecule has 1 saturated heterocycles. The number of H-pyrrole nitrogens is 1. The molecule has 3 rings (SSSR count). The van der Waals surface area contributed by atoms with Crippen LogP contribution in [0.3, 0.4) is 0 Å². The van der Waals surface area contributed by atoms with Gasteiger partial charge in [0.25, 0.3) is 0 Å². The van der Waals surface area contributed by atoms with Gasteiger partial charge in [0.1, 0.15) is 0 Å². The van der Waals surface area contributed by atoms with Crippen LogP contribution in [0.15, 0.2) is 18.2 Å². The van der Waals surface area contributed by atoms with Gasteiger partial charge < -0.3 is 15.0 Å². The van der Waals surface area contributed by atoms with Gasteiger partial charge in [-0.1, -0.05) is 13.0 Å². The number of carbonyl (C=O) groups excluding carboxylic acids is 1. The maximum atomic E-state index is 12.3. The van der Waals surface area contributed by atoms with Crippen LogP contribution in [0.25, 0.3) is 10.9 Å². The number of amides is 1. The van der Waals surface area contributed by atoms with E-state index in [0.717, 1.165) is 25.1 Å². The highest BCUT2D eigenvalue weighted by Crippen LogP contribution is 2.23. The lowest BCUT2D eigenvalue weighted by Crippen LogP contribution is -2.47. The van der Waals surface area contributed by atoms with Crippen LogP contribution in [0, 0.1) is 6.92 Å². The molecule has 1 aromatic heterocycles. The fourth-order valence-corrected chi connectivity index (χ4v) is 3.71. The third-order valence-corrected chi connectivity index (χ3v) is 5.38. The van der Waals surface area contributed by atoms with E-state index in [4.69, 9.17) is 4.74 Å². The zero-order chi connectivity index (χ0) is 18.7. The molecule has 5 nitrogen and oxygen atoms in total. The molecule has 26 heavy (non-hydrogen) atoms. The van der Waals surface area contributed by atoms with E-state index in [2.05, 4.69) is 61.1 Å². The molecule has 1 amide bonds. The predicted molar refractivity (Wildman–Crippen MR) is 105 cm³/mol. The summed E-state index contributed by atoms with van der Waals surface area (Å²) in [7, 11) is 0. The van der Waals surface area contributed by atoms with Gasteiger partial charge in [-0.25, -0.2) is 0 Å². The first-order chi connectivity index (χ1) is 12.5. The van der Waals surface area contributed by atoms with Crippen LogP contribution in [-0.4, -0.2) is 47.6 Å². The van der Waals surface area contributed by atoms with Crippen molar-refractivity contribution in [1.82, 2.24) is 15.2 Å². The normalized spacial score (nSPS) is 18.6. The molecule has 1 aromatic carbocycles. The van der Waals surface area contributed by atoms with E-state index in [1.807, 2.05) is 0 Å². The van der Waals surface area contributed by atoms with Crippen molar-refractivity contribution in [1.29, 1.82) is 0 Å². The van der Waals surface area contributed by atoms with E-state index in [-0.39, 0.29) is 12.0 Å². The van der Waals surface area contributed by atoms with Crippen LogP contribution in [0.5, 0.6) is 0 Å². The van der Waals surface area contributed by atoms with Crippen molar-refractivity contribution in [3.8, 4) is 0 Å². The van der Waals surface area contributed by atoms with Gasteiger partial charge in [0, 0.05) is 42.3 Å². The number of ether oxygens (including phenoxy) is 1. The zero-order valence-electron chi connectivity index (χ0n) is 16.4. The third-order valence-electron chi connectivity index (χ3n) is 5.38. The summed E-state index contributed by atoms with van der Waals surface area (Å²) in [4.78, 5) is 18.2. The average Bonchev–Trinajstić information content (AvgIpc) is 2.96. The Morgan fingerprint density at radius 2 is 2.23 bits per heavy atom. The summed E-state index contributed by atoms with van der Waals surface area (Å²) >= 11 is 0. The summed E-state index contributed by atoms with van der Waals surface area (Å²) in [5.74, 6) is 0.0562. The summed E-state index contributed by atoms with van der Waals surface area (Å²) in [5.41, 5.74) is 4.88. The lowest BCUT2D eigenvalue weighted by atomic mass is 10.1. The Labute approximate surface area is 156 Å². The number of morpholine rings is 1. The van der Waals surface area contributed by atoms with Crippen molar-refractivity contribution in [2.45, 2.75) is 59.2 Å². The summed E-state index contributed by atoms with van der Waals surface area (Å²) in [5, 5.41) is 4.29. The lowest BCUT2D eigenvalue weighted by molar-refractivity contribution is -0.126. The Morgan fingerprint density at radius 3 is 2.96 bits per heavy atom. The first-order valence-corrected chi connectivity index (χ1v) is 9.70. The van der Waals surface area contributed by atoms with Crippen molar-refractivity contribution in [3.63, 3.8) is 0 Å². The van der Waals surface area contributed by atoms with Crippen LogP contribution >= 0.6 is 0 Å². The molecule has 0 aliphatic carbocycles. The Morgan fingerprint density at radius 1 is 1.42 bits per heavy atom. The van der Waals surface area contributed by atoms with E-state index in [0.29, 0.717) is 25.6 Å². The topological polar surface area (TPSA) is 57.4 Å². The van der Waals surface area contributed by atoms with Crippen molar-refractivity contribution in [3.05, 3.63) is 35.0 Å². The van der Waals surface area contributed by atoms with Crippen LogP contribution < -0.4 is 5.32 Å². The molecule has 2 heterocycles. The summed E-state index contributed by atoms with van der Waals surface area (Å²) in [6.07, 6.45) is 1.42. The number of nitrogens with zero attached hydrogens (tertiary/aromatic N) is 1. The molecule has 2 N–H and O–H groups in total. The van der Waals surface area contributed by atoms with Crippen LogP contribution in [0.1, 0.15) is 44.0 Å². The van der Waals surface area contributed by atoms with E-state index < -0.39 is 0 Å². The second kappa shape index (κ2) is 8.23. The van der Waals surface area contributed by atoms with Crippen LogP contribution in [-0.2, 0) is 22.5 Å². The molecular formula is C21H31N3O2. The Kier molecular flexibility index (Phi) is 5.99. The molecule has 0 unspecified atom stereocenters. The third kappa shape index (κ3) is 4.27. The Bertz CT molecular complexity index is 766. The number of hydrogen-bond acceptors (Lipinski definition) is 3. The first-order valence-electron chi connectivity index (χ1n) is 9.70. The SMILES string of the molecule is CCc1[nH]c2ccc(CNC(=O)C[C@@H]3CN(C(C)C)CCO3)cc2c1C. The molecule has 1 aliphatic heterocycles. The predicted octanol–water partition coefficient (Wildman–Crippen LogP) is 3.15. The minimum atomic E-state index is -0.00680. The molecule has 5 heteroatoms. The van der Waals surface area contributed by atoms with Gasteiger partial charge in [-0.2, -0.15) is 0 Å². The molecule has 142 valence electrons. The largest absolute Gasteiger partial charge is 0.375 e. The van der Waals surface area contributed by atoms with Gasteiger partial charge >= 0.3 is 0 Å². The number of benzene rings is 1. The summed E-state index contributed by atoms with van der Waals surface area (Å²) in [6.45, 7) is 11.7. The number of rotatable bonds is 6. The molecular weight excluding hydrogens is 326 g/mol. The standard InChI is InChI=1S/C21H31N3O2/c1-5-19-15(4)18-10-16(6-7-20(18)23-19)12-22-21(25)11-17-13-24(14(2)3)8-9-26-17/h6-7,10,14,17,23H,5,8-9,11-13H2,1-4H3,(H,22,25)/t17-/m1/s1. The van der Waals surface area contributed by atoms with Gasteiger partial charge in [0.05, 0.1) is 19.1 Å². The molecule has 1 atom stereocenters. The second-order valence-electron chi connectivity index (χ2n) is 7.52. The van der Waals surface area contributed by atoms with Crippen molar-refractivity contribution < 1.29 is 9.53 Å². The first kappa shape index (κ1) is 18.9. The highest BCUT2D eigenvalue weighted by atomic mass is 16.5. The van der Waals surface area contributed by atoms with E-state index >= 15 is 0 Å². The highest BCUT2D eigenvalue weighted by Gasteiger charge is 2.24. The average molecular weight is 357 g/mol.